The van der Waals surface area contributed by atoms with Gasteiger partial charge < -0.3 is 5.32 Å². The van der Waals surface area contributed by atoms with Crippen LogP contribution in [0.2, 0.25) is 0 Å². The summed E-state index contributed by atoms with van der Waals surface area (Å²) in [6.07, 6.45) is 2.14. The lowest BCUT2D eigenvalue weighted by Crippen LogP contribution is -2.28. The summed E-state index contributed by atoms with van der Waals surface area (Å²) in [6, 6.07) is 3.07. The van der Waals surface area contributed by atoms with Gasteiger partial charge in [-0.3, -0.25) is 14.8 Å². The van der Waals surface area contributed by atoms with Crippen LogP contribution >= 0.6 is 0 Å². The van der Waals surface area contributed by atoms with Crippen LogP contribution < -0.4 is 5.32 Å². The Hall–Kier alpha value is -2.35. The summed E-state index contributed by atoms with van der Waals surface area (Å²) < 4.78 is 26.7. The number of aryl methyl sites for hydroxylation is 1. The maximum Gasteiger partial charge on any atom is 0.225 e. The van der Waals surface area contributed by atoms with Gasteiger partial charge in [-0.15, -0.1) is 0 Å². The van der Waals surface area contributed by atoms with Crippen LogP contribution in [-0.4, -0.2) is 39.1 Å². The monoisotopic (exact) mass is 335 g/mol. The highest BCUT2D eigenvalue weighted by Gasteiger charge is 2.29. The van der Waals surface area contributed by atoms with Crippen molar-refractivity contribution in [2.45, 2.75) is 32.2 Å². The van der Waals surface area contributed by atoms with Crippen LogP contribution in [0.15, 0.2) is 18.2 Å². The molecule has 0 radical (unpaired) electrons. The minimum atomic E-state index is -0.653. The number of aromatic nitrogens is 3. The highest BCUT2D eigenvalue weighted by molar-refractivity contribution is 5.90. The zero-order chi connectivity index (χ0) is 17.1. The van der Waals surface area contributed by atoms with Gasteiger partial charge in [0.05, 0.1) is 11.7 Å². The number of rotatable bonds is 5. The van der Waals surface area contributed by atoms with Crippen LogP contribution in [-0.2, 0) is 4.79 Å². The average molecular weight is 335 g/mol. The second kappa shape index (κ2) is 7.04. The number of carbonyl (C=O) groups excluding carboxylic acids is 1. The molecule has 0 bridgehead atoms. The van der Waals surface area contributed by atoms with Crippen LogP contribution in [0.5, 0.6) is 0 Å². The minimum Gasteiger partial charge on any atom is -0.323 e. The number of likely N-dealkylation sites (tertiary alicyclic amines) is 1. The van der Waals surface area contributed by atoms with Crippen molar-refractivity contribution in [2.75, 3.05) is 18.4 Å². The van der Waals surface area contributed by atoms with Gasteiger partial charge in [0.1, 0.15) is 17.5 Å². The Balaban J connectivity index is 1.56. The second-order valence-electron chi connectivity index (χ2n) is 5.90. The first-order valence-corrected chi connectivity index (χ1v) is 7.91. The number of hydrogen-bond acceptors (Lipinski definition) is 4. The van der Waals surface area contributed by atoms with E-state index < -0.39 is 11.6 Å². The molecule has 0 saturated carbocycles. The van der Waals surface area contributed by atoms with Gasteiger partial charge in [0, 0.05) is 19.0 Å². The van der Waals surface area contributed by atoms with E-state index in [1.165, 1.54) is 0 Å². The van der Waals surface area contributed by atoms with Crippen LogP contribution in [0.1, 0.15) is 37.0 Å². The SMILES string of the molecule is Cc1nc([C@@H]2CCCN2CCC(=O)Nc2cc(F)ccc2F)n[nH]1. The van der Waals surface area contributed by atoms with Gasteiger partial charge in [-0.2, -0.15) is 5.10 Å². The van der Waals surface area contributed by atoms with Gasteiger partial charge in [0.2, 0.25) is 5.91 Å². The van der Waals surface area contributed by atoms with Gasteiger partial charge in [-0.1, -0.05) is 0 Å². The number of benzene rings is 1. The van der Waals surface area contributed by atoms with E-state index in [1.54, 1.807) is 0 Å². The summed E-state index contributed by atoms with van der Waals surface area (Å²) >= 11 is 0. The summed E-state index contributed by atoms with van der Waals surface area (Å²) in [4.78, 5) is 18.5. The van der Waals surface area contributed by atoms with E-state index in [1.807, 2.05) is 6.92 Å². The first-order valence-electron chi connectivity index (χ1n) is 7.91. The van der Waals surface area contributed by atoms with E-state index in [0.29, 0.717) is 6.54 Å². The zero-order valence-electron chi connectivity index (χ0n) is 13.4. The number of halogens is 2. The third-order valence-corrected chi connectivity index (χ3v) is 4.10. The Kier molecular flexibility index (Phi) is 4.84. The fourth-order valence-electron chi connectivity index (χ4n) is 2.95. The Bertz CT molecular complexity index is 733. The molecule has 0 spiro atoms. The molecule has 8 heteroatoms. The number of H-pyrrole nitrogens is 1. The third-order valence-electron chi connectivity index (χ3n) is 4.10. The van der Waals surface area contributed by atoms with E-state index in [4.69, 9.17) is 0 Å². The molecule has 3 rings (SSSR count). The summed E-state index contributed by atoms with van der Waals surface area (Å²) in [5.41, 5.74) is -0.137. The van der Waals surface area contributed by atoms with E-state index in [9.17, 15) is 13.6 Å². The molecule has 128 valence electrons. The molecule has 1 saturated heterocycles. The molecule has 24 heavy (non-hydrogen) atoms. The number of carbonyl (C=O) groups is 1. The summed E-state index contributed by atoms with van der Waals surface area (Å²) in [7, 11) is 0. The van der Waals surface area contributed by atoms with Gasteiger partial charge in [-0.05, 0) is 38.4 Å². The Morgan fingerprint density at radius 2 is 2.29 bits per heavy atom. The van der Waals surface area contributed by atoms with E-state index in [0.717, 1.165) is 49.2 Å². The smallest absolute Gasteiger partial charge is 0.225 e. The van der Waals surface area contributed by atoms with Crippen molar-refractivity contribution < 1.29 is 13.6 Å². The molecule has 0 unspecified atom stereocenters. The lowest BCUT2D eigenvalue weighted by atomic mass is 10.2. The number of amides is 1. The Labute approximate surface area is 138 Å². The molecule has 2 heterocycles. The van der Waals surface area contributed by atoms with E-state index in [-0.39, 0.29) is 24.1 Å². The third kappa shape index (κ3) is 3.76. The number of nitrogens with zero attached hydrogens (tertiary/aromatic N) is 3. The maximum atomic E-state index is 13.5. The fraction of sp³-hybridized carbons (Fsp3) is 0.438. The molecular weight excluding hydrogens is 316 g/mol. The maximum absolute atomic E-state index is 13.5. The zero-order valence-corrected chi connectivity index (χ0v) is 13.4. The lowest BCUT2D eigenvalue weighted by Gasteiger charge is -2.21. The second-order valence-corrected chi connectivity index (χ2v) is 5.90. The molecule has 1 fully saturated rings. The molecule has 1 aromatic carbocycles. The number of aromatic amines is 1. The number of anilines is 1. The molecule has 1 amide bonds. The predicted octanol–water partition coefficient (Wildman–Crippen LogP) is 2.56. The Morgan fingerprint density at radius 1 is 1.46 bits per heavy atom. The summed E-state index contributed by atoms with van der Waals surface area (Å²) in [5, 5.41) is 9.44. The molecule has 1 aliphatic heterocycles. The molecule has 1 aromatic heterocycles. The largest absolute Gasteiger partial charge is 0.323 e. The standard InChI is InChI=1S/C16H19F2N5O/c1-10-19-16(22-21-10)14-3-2-7-23(14)8-6-15(24)20-13-9-11(17)4-5-12(13)18/h4-5,9,14H,2-3,6-8H2,1H3,(H,20,24)(H,19,21,22)/t14-/m0/s1. The molecule has 2 N–H and O–H groups in total. The van der Waals surface area contributed by atoms with Crippen LogP contribution in [0, 0.1) is 18.6 Å². The van der Waals surface area contributed by atoms with Crippen molar-refractivity contribution in [3.8, 4) is 0 Å². The van der Waals surface area contributed by atoms with Crippen LogP contribution in [0.3, 0.4) is 0 Å². The molecule has 1 atom stereocenters. The molecule has 0 aliphatic carbocycles. The van der Waals surface area contributed by atoms with Crippen LogP contribution in [0.4, 0.5) is 14.5 Å². The fourth-order valence-corrected chi connectivity index (χ4v) is 2.95. The molecule has 2 aromatic rings. The predicted molar refractivity (Wildman–Crippen MR) is 84.3 cm³/mol. The molecule has 1 aliphatic rings. The quantitative estimate of drug-likeness (QED) is 0.881. The first-order chi connectivity index (χ1) is 11.5. The molecule has 6 nitrogen and oxygen atoms in total. The first kappa shape index (κ1) is 16.5. The average Bonchev–Trinajstić information content (AvgIpc) is 3.17. The van der Waals surface area contributed by atoms with Crippen molar-refractivity contribution in [1.29, 1.82) is 0 Å². The van der Waals surface area contributed by atoms with Crippen LogP contribution in [0.25, 0.3) is 0 Å². The molecular formula is C16H19F2N5O. The highest BCUT2D eigenvalue weighted by atomic mass is 19.1. The van der Waals surface area contributed by atoms with Crippen molar-refractivity contribution in [2.24, 2.45) is 0 Å². The summed E-state index contributed by atoms with van der Waals surface area (Å²) in [6.45, 7) is 3.22. The van der Waals surface area contributed by atoms with Gasteiger partial charge >= 0.3 is 0 Å². The van der Waals surface area contributed by atoms with Crippen molar-refractivity contribution in [3.05, 3.63) is 41.5 Å². The van der Waals surface area contributed by atoms with Gasteiger partial charge in [-0.25, -0.2) is 13.8 Å². The van der Waals surface area contributed by atoms with E-state index in [2.05, 4.69) is 25.4 Å². The van der Waals surface area contributed by atoms with Gasteiger partial charge in [0.25, 0.3) is 0 Å². The highest BCUT2D eigenvalue weighted by Crippen LogP contribution is 2.29. The topological polar surface area (TPSA) is 73.9 Å². The normalized spacial score (nSPS) is 18.0. The number of hydrogen-bond donors (Lipinski definition) is 2. The Morgan fingerprint density at radius 3 is 3.04 bits per heavy atom. The van der Waals surface area contributed by atoms with Gasteiger partial charge in [0.15, 0.2) is 5.82 Å². The van der Waals surface area contributed by atoms with Crippen molar-refractivity contribution in [3.63, 3.8) is 0 Å². The van der Waals surface area contributed by atoms with Crippen molar-refractivity contribution in [1.82, 2.24) is 20.1 Å². The summed E-state index contributed by atoms with van der Waals surface area (Å²) in [5.74, 6) is -0.0969. The van der Waals surface area contributed by atoms with Crippen molar-refractivity contribution >= 4 is 11.6 Å². The van der Waals surface area contributed by atoms with E-state index >= 15 is 0 Å². The lowest BCUT2D eigenvalue weighted by molar-refractivity contribution is -0.116. The minimum absolute atomic E-state index is 0.0913. The number of nitrogens with one attached hydrogen (secondary N) is 2.